The van der Waals surface area contributed by atoms with Crippen molar-refractivity contribution in [2.24, 2.45) is 5.16 Å². The minimum atomic E-state index is -1.07. The molecule has 4 rings (SSSR count). The highest BCUT2D eigenvalue weighted by Gasteiger charge is 2.64. The van der Waals surface area contributed by atoms with Crippen LogP contribution in [0.1, 0.15) is 38.1 Å². The molecule has 2 aliphatic rings. The number of rotatable bonds is 7. The number of nitrogen functional groups attached to an aromatic ring is 1. The summed E-state index contributed by atoms with van der Waals surface area (Å²) in [7, 11) is 0. The molecule has 1 aromatic carbocycles. The molecule has 10 nitrogen and oxygen atoms in total. The van der Waals surface area contributed by atoms with Crippen molar-refractivity contribution >= 4 is 51.7 Å². The standard InChI is InChI=1S/C21H23N5O5S2/c1-10(11-7-5-4-6-8-11)31-25-13(12-9-32-20(22)23-12)16(27)24-14-17(28)26-15(19(29)30)21(2,3)33-18(14)26/h4-10,14-15,18H,1-3H3,(H2,22,23)(H,24,27)(H,29,30)/b25-13-/t10-,14+,15+,18-/m1/s1. The highest BCUT2D eigenvalue weighted by molar-refractivity contribution is 8.01. The number of thiazole rings is 1. The molecule has 4 N–H and O–H groups in total. The quantitative estimate of drug-likeness (QED) is 0.303. The Balaban J connectivity index is 1.53. The second-order valence-corrected chi connectivity index (χ2v) is 10.9. The van der Waals surface area contributed by atoms with E-state index in [1.807, 2.05) is 30.3 Å². The Hall–Kier alpha value is -3.12. The number of amides is 2. The van der Waals surface area contributed by atoms with Crippen LogP contribution in [0.5, 0.6) is 0 Å². The predicted octanol–water partition coefficient (Wildman–Crippen LogP) is 1.84. The fourth-order valence-corrected chi connectivity index (χ4v) is 6.05. The van der Waals surface area contributed by atoms with Crippen molar-refractivity contribution in [3.8, 4) is 0 Å². The molecule has 2 saturated heterocycles. The van der Waals surface area contributed by atoms with Gasteiger partial charge in [-0.05, 0) is 26.3 Å². The van der Waals surface area contributed by atoms with Crippen LogP contribution in [0, 0.1) is 0 Å². The summed E-state index contributed by atoms with van der Waals surface area (Å²) in [6.45, 7) is 5.33. The van der Waals surface area contributed by atoms with E-state index in [0.717, 1.165) is 16.9 Å². The molecule has 1 aromatic heterocycles. The van der Waals surface area contributed by atoms with Gasteiger partial charge in [0.15, 0.2) is 10.8 Å². The molecule has 0 unspecified atom stereocenters. The Morgan fingerprint density at radius 3 is 2.64 bits per heavy atom. The summed E-state index contributed by atoms with van der Waals surface area (Å²) >= 11 is 2.48. The molecule has 4 atom stereocenters. The van der Waals surface area contributed by atoms with Crippen LogP contribution in [-0.2, 0) is 19.2 Å². The normalized spacial score (nSPS) is 24.6. The number of benzene rings is 1. The van der Waals surface area contributed by atoms with E-state index in [-0.39, 0.29) is 16.5 Å². The number of hydrogen-bond donors (Lipinski definition) is 3. The molecule has 12 heteroatoms. The maximum absolute atomic E-state index is 13.1. The van der Waals surface area contributed by atoms with Gasteiger partial charge in [0.1, 0.15) is 29.3 Å². The van der Waals surface area contributed by atoms with Crippen LogP contribution in [-0.4, -0.2) is 60.7 Å². The maximum atomic E-state index is 13.1. The van der Waals surface area contributed by atoms with Gasteiger partial charge in [-0.3, -0.25) is 9.59 Å². The van der Waals surface area contributed by atoms with Gasteiger partial charge in [-0.15, -0.1) is 23.1 Å². The number of thioether (sulfide) groups is 1. The Labute approximate surface area is 198 Å². The molecule has 0 radical (unpaired) electrons. The van der Waals surface area contributed by atoms with Gasteiger partial charge in [-0.25, -0.2) is 9.78 Å². The van der Waals surface area contributed by atoms with E-state index in [9.17, 15) is 19.5 Å². The number of carboxylic acids is 1. The number of nitrogens with one attached hydrogen (secondary N) is 1. The minimum absolute atomic E-state index is 0.117. The molecule has 174 valence electrons. The van der Waals surface area contributed by atoms with Crippen LogP contribution >= 0.6 is 23.1 Å². The Morgan fingerprint density at radius 1 is 1.33 bits per heavy atom. The number of hydrogen-bond acceptors (Lipinski definition) is 9. The highest BCUT2D eigenvalue weighted by Crippen LogP contribution is 2.50. The molecule has 2 aliphatic heterocycles. The van der Waals surface area contributed by atoms with Gasteiger partial charge in [0.25, 0.3) is 5.91 Å². The van der Waals surface area contributed by atoms with E-state index >= 15 is 0 Å². The summed E-state index contributed by atoms with van der Waals surface area (Å²) < 4.78 is -0.694. The van der Waals surface area contributed by atoms with E-state index < -0.39 is 46.1 Å². The molecule has 3 heterocycles. The lowest BCUT2D eigenvalue weighted by atomic mass is 9.96. The number of β-lactam (4-membered cyclic amide) rings is 1. The highest BCUT2D eigenvalue weighted by atomic mass is 32.2. The molecule has 2 aromatic rings. The summed E-state index contributed by atoms with van der Waals surface area (Å²) in [4.78, 5) is 48.6. The molecular weight excluding hydrogens is 466 g/mol. The SMILES string of the molecule is C[C@@H](O/N=C(\C(=O)N[C@H]1C(=O)N2[C@@H]1SC(C)(C)[C@@H]2C(=O)O)c1csc(N)n1)c1ccccc1. The number of nitrogens with two attached hydrogens (primary N) is 1. The molecule has 2 fully saturated rings. The van der Waals surface area contributed by atoms with Crippen molar-refractivity contribution in [3.63, 3.8) is 0 Å². The van der Waals surface area contributed by atoms with Crippen molar-refractivity contribution < 1.29 is 24.3 Å². The number of aliphatic carboxylic acids is 1. The van der Waals surface area contributed by atoms with E-state index in [1.54, 1.807) is 26.2 Å². The summed E-state index contributed by atoms with van der Waals surface area (Å²) in [6.07, 6.45) is -0.437. The lowest BCUT2D eigenvalue weighted by Crippen LogP contribution is -2.71. The van der Waals surface area contributed by atoms with E-state index in [1.165, 1.54) is 16.7 Å². The van der Waals surface area contributed by atoms with Crippen molar-refractivity contribution in [3.05, 3.63) is 47.0 Å². The van der Waals surface area contributed by atoms with Crippen LogP contribution in [0.25, 0.3) is 0 Å². The van der Waals surface area contributed by atoms with Crippen LogP contribution in [0.2, 0.25) is 0 Å². The number of fused-ring (bicyclic) bond motifs is 1. The van der Waals surface area contributed by atoms with Gasteiger partial charge in [0.05, 0.1) is 0 Å². The topological polar surface area (TPSA) is 147 Å². The number of oxime groups is 1. The first kappa shape index (κ1) is 23.1. The lowest BCUT2D eigenvalue weighted by molar-refractivity contribution is -0.160. The smallest absolute Gasteiger partial charge is 0.327 e. The third-order valence-corrected chi connectivity index (χ3v) is 7.76. The fraction of sp³-hybridized carbons (Fsp3) is 0.381. The molecular formula is C21H23N5O5S2. The van der Waals surface area contributed by atoms with Gasteiger partial charge in [-0.2, -0.15) is 0 Å². The Morgan fingerprint density at radius 2 is 2.03 bits per heavy atom. The fourth-order valence-electron chi connectivity index (χ4n) is 3.87. The van der Waals surface area contributed by atoms with Crippen molar-refractivity contribution in [1.82, 2.24) is 15.2 Å². The summed E-state index contributed by atoms with van der Waals surface area (Å²) in [6, 6.07) is 7.53. The van der Waals surface area contributed by atoms with E-state index in [0.29, 0.717) is 0 Å². The number of carbonyl (C=O) groups excluding carboxylic acids is 2. The summed E-state index contributed by atoms with van der Waals surface area (Å²) in [5.41, 5.74) is 6.70. The molecule has 33 heavy (non-hydrogen) atoms. The zero-order valence-electron chi connectivity index (χ0n) is 18.1. The van der Waals surface area contributed by atoms with Gasteiger partial charge in [0.2, 0.25) is 5.91 Å². The van der Waals surface area contributed by atoms with Gasteiger partial charge >= 0.3 is 5.97 Å². The molecule has 0 aliphatic carbocycles. The average Bonchev–Trinajstić information content (AvgIpc) is 3.31. The zero-order chi connectivity index (χ0) is 23.9. The first-order valence-corrected chi connectivity index (χ1v) is 11.9. The van der Waals surface area contributed by atoms with E-state index in [2.05, 4.69) is 15.5 Å². The van der Waals surface area contributed by atoms with Gasteiger partial charge in [0, 0.05) is 10.1 Å². The summed E-state index contributed by atoms with van der Waals surface area (Å²) in [5, 5.41) is 17.6. The third-order valence-electron chi connectivity index (χ3n) is 5.51. The van der Waals surface area contributed by atoms with E-state index in [4.69, 9.17) is 10.6 Å². The Kier molecular flexibility index (Phi) is 6.06. The zero-order valence-corrected chi connectivity index (χ0v) is 19.7. The third kappa shape index (κ3) is 4.27. The first-order chi connectivity index (χ1) is 15.6. The van der Waals surface area contributed by atoms with Gasteiger partial charge in [-0.1, -0.05) is 35.5 Å². The van der Waals surface area contributed by atoms with Crippen LogP contribution in [0.4, 0.5) is 5.13 Å². The Bertz CT molecular complexity index is 1120. The van der Waals surface area contributed by atoms with Crippen LogP contribution < -0.4 is 11.1 Å². The van der Waals surface area contributed by atoms with Crippen molar-refractivity contribution in [2.75, 3.05) is 5.73 Å². The molecule has 0 saturated carbocycles. The molecule has 0 spiro atoms. The second kappa shape index (κ2) is 8.67. The van der Waals surface area contributed by atoms with Crippen molar-refractivity contribution in [2.45, 2.75) is 49.1 Å². The predicted molar refractivity (Wildman–Crippen MR) is 125 cm³/mol. The van der Waals surface area contributed by atoms with Crippen LogP contribution in [0.3, 0.4) is 0 Å². The molecule has 0 bridgehead atoms. The second-order valence-electron chi connectivity index (χ2n) is 8.22. The minimum Gasteiger partial charge on any atom is -0.480 e. The molecule has 2 amide bonds. The number of nitrogens with zero attached hydrogens (tertiary/aromatic N) is 3. The van der Waals surface area contributed by atoms with Gasteiger partial charge < -0.3 is 25.9 Å². The number of anilines is 1. The maximum Gasteiger partial charge on any atom is 0.327 e. The average molecular weight is 490 g/mol. The van der Waals surface area contributed by atoms with Crippen LogP contribution in [0.15, 0.2) is 40.9 Å². The number of aromatic nitrogens is 1. The monoisotopic (exact) mass is 489 g/mol. The lowest BCUT2D eigenvalue weighted by Gasteiger charge is -2.43. The van der Waals surface area contributed by atoms with Crippen molar-refractivity contribution in [1.29, 1.82) is 0 Å². The largest absolute Gasteiger partial charge is 0.480 e. The number of carboxylic acid groups (broad SMARTS) is 1. The summed E-state index contributed by atoms with van der Waals surface area (Å²) in [5.74, 6) is -2.18. The first-order valence-electron chi connectivity index (χ1n) is 10.1. The number of carbonyl (C=O) groups is 3.